The maximum atomic E-state index is 14.9. The van der Waals surface area contributed by atoms with Crippen molar-refractivity contribution in [1.29, 1.82) is 0 Å². The number of rotatable bonds is 4. The molecule has 2 N–H and O–H groups in total. The van der Waals surface area contributed by atoms with Crippen molar-refractivity contribution in [3.05, 3.63) is 47.8 Å². The highest BCUT2D eigenvalue weighted by Gasteiger charge is 2.48. The Morgan fingerprint density at radius 1 is 1.03 bits per heavy atom. The first kappa shape index (κ1) is 20.1. The van der Waals surface area contributed by atoms with E-state index in [-0.39, 0.29) is 31.0 Å². The summed E-state index contributed by atoms with van der Waals surface area (Å²) >= 11 is 0. The Morgan fingerprint density at radius 3 is 2.69 bits per heavy atom. The lowest BCUT2D eigenvalue weighted by Crippen LogP contribution is -2.34. The fourth-order valence-corrected chi connectivity index (χ4v) is 4.84. The van der Waals surface area contributed by atoms with E-state index in [1.165, 1.54) is 6.07 Å². The highest BCUT2D eigenvalue weighted by atomic mass is 19.1. The van der Waals surface area contributed by atoms with Gasteiger partial charge in [-0.15, -0.1) is 0 Å². The van der Waals surface area contributed by atoms with Crippen LogP contribution in [0.4, 0.5) is 4.39 Å². The molecular formula is C24H25FN2O5. The molecule has 3 aliphatic rings. The summed E-state index contributed by atoms with van der Waals surface area (Å²) in [5.74, 6) is 0.0622. The average molecular weight is 440 g/mol. The van der Waals surface area contributed by atoms with E-state index >= 15 is 0 Å². The van der Waals surface area contributed by atoms with Crippen LogP contribution in [0.15, 0.2) is 36.4 Å². The summed E-state index contributed by atoms with van der Waals surface area (Å²) in [6, 6.07) is 11.0. The molecular weight excluding hydrogens is 415 g/mol. The van der Waals surface area contributed by atoms with Gasteiger partial charge in [0, 0.05) is 24.3 Å². The molecule has 168 valence electrons. The van der Waals surface area contributed by atoms with Crippen LogP contribution in [0.3, 0.4) is 0 Å². The number of benzene rings is 1. The highest BCUT2D eigenvalue weighted by molar-refractivity contribution is 5.80. The molecule has 3 fully saturated rings. The molecule has 2 unspecified atom stereocenters. The first-order valence-corrected chi connectivity index (χ1v) is 11.1. The zero-order valence-corrected chi connectivity index (χ0v) is 17.5. The number of nitrogens with zero attached hydrogens (tertiary/aromatic N) is 1. The van der Waals surface area contributed by atoms with Crippen LogP contribution in [0.1, 0.15) is 30.9 Å². The Labute approximate surface area is 184 Å². The second kappa shape index (κ2) is 8.12. The van der Waals surface area contributed by atoms with E-state index in [0.717, 1.165) is 31.4 Å². The maximum absolute atomic E-state index is 14.9. The van der Waals surface area contributed by atoms with Gasteiger partial charge in [0.15, 0.2) is 17.8 Å². The van der Waals surface area contributed by atoms with Crippen molar-refractivity contribution >= 4 is 11.0 Å². The zero-order valence-electron chi connectivity index (χ0n) is 17.5. The molecule has 3 saturated heterocycles. The summed E-state index contributed by atoms with van der Waals surface area (Å²) in [6.07, 6.45) is 1.74. The predicted octanol–water partition coefficient (Wildman–Crippen LogP) is 3.52. The lowest BCUT2D eigenvalue weighted by Gasteiger charge is -2.23. The standard InChI is InChI=1S/C24H25FN2O5/c25-15-9-16-17(10-21(26-16)32-20-12-31-23-18(28)11-30-24(20)23)27-22(15)14-6-4-13(5-7-14)19-3-1-2-8-29-19/h4-7,9-10,18-20,23-24,26,28H,1-3,8,11-12H2/t18?,19?,20-,23-,24-/m1/s1. The number of hydrogen-bond donors (Lipinski definition) is 2. The second-order valence-corrected chi connectivity index (χ2v) is 8.68. The Hall–Kier alpha value is -2.52. The topological polar surface area (TPSA) is 85.8 Å². The number of aliphatic hydroxyl groups excluding tert-OH is 1. The Kier molecular flexibility index (Phi) is 5.10. The number of pyridine rings is 1. The number of hydrogen-bond acceptors (Lipinski definition) is 6. The van der Waals surface area contributed by atoms with Crippen LogP contribution < -0.4 is 4.74 Å². The summed E-state index contributed by atoms with van der Waals surface area (Å²) in [6.45, 7) is 1.35. The van der Waals surface area contributed by atoms with E-state index in [9.17, 15) is 9.50 Å². The molecule has 0 saturated carbocycles. The number of H-pyrrole nitrogens is 1. The summed E-state index contributed by atoms with van der Waals surface area (Å²) in [7, 11) is 0. The largest absolute Gasteiger partial charge is 0.470 e. The first-order chi connectivity index (χ1) is 15.7. The Morgan fingerprint density at radius 2 is 1.88 bits per heavy atom. The highest BCUT2D eigenvalue weighted by Crippen LogP contribution is 2.33. The van der Waals surface area contributed by atoms with Gasteiger partial charge >= 0.3 is 0 Å². The van der Waals surface area contributed by atoms with E-state index < -0.39 is 11.9 Å². The minimum Gasteiger partial charge on any atom is -0.470 e. The fraction of sp³-hybridized carbons (Fsp3) is 0.458. The van der Waals surface area contributed by atoms with Crippen molar-refractivity contribution in [1.82, 2.24) is 9.97 Å². The third kappa shape index (κ3) is 3.57. The van der Waals surface area contributed by atoms with Crippen LogP contribution in [-0.2, 0) is 14.2 Å². The molecule has 7 nitrogen and oxygen atoms in total. The molecule has 0 spiro atoms. The van der Waals surface area contributed by atoms with Crippen molar-refractivity contribution in [3.63, 3.8) is 0 Å². The van der Waals surface area contributed by atoms with E-state index in [2.05, 4.69) is 9.97 Å². The van der Waals surface area contributed by atoms with Gasteiger partial charge in [0.05, 0.1) is 30.4 Å². The molecule has 5 heterocycles. The van der Waals surface area contributed by atoms with Crippen molar-refractivity contribution in [2.75, 3.05) is 19.8 Å². The first-order valence-electron chi connectivity index (χ1n) is 11.1. The third-order valence-corrected chi connectivity index (χ3v) is 6.53. The average Bonchev–Trinajstić information content (AvgIpc) is 3.51. The number of aromatic amines is 1. The minimum atomic E-state index is -0.634. The Balaban J connectivity index is 1.23. The van der Waals surface area contributed by atoms with Gasteiger partial charge in [-0.3, -0.25) is 0 Å². The molecule has 0 amide bonds. The smallest absolute Gasteiger partial charge is 0.193 e. The predicted molar refractivity (Wildman–Crippen MR) is 114 cm³/mol. The second-order valence-electron chi connectivity index (χ2n) is 8.68. The van der Waals surface area contributed by atoms with Crippen LogP contribution in [0.5, 0.6) is 5.88 Å². The van der Waals surface area contributed by atoms with Crippen molar-refractivity contribution in [2.45, 2.75) is 49.8 Å². The van der Waals surface area contributed by atoms with Crippen LogP contribution in [0.2, 0.25) is 0 Å². The quantitative estimate of drug-likeness (QED) is 0.646. The minimum absolute atomic E-state index is 0.117. The number of halogens is 1. The molecule has 6 rings (SSSR count). The normalized spacial score (nSPS) is 30.0. The van der Waals surface area contributed by atoms with Gasteiger partial charge in [-0.25, -0.2) is 9.37 Å². The molecule has 0 radical (unpaired) electrons. The summed E-state index contributed by atoms with van der Waals surface area (Å²) < 4.78 is 37.9. The van der Waals surface area contributed by atoms with Gasteiger partial charge in [-0.1, -0.05) is 24.3 Å². The molecule has 0 aliphatic carbocycles. The molecule has 32 heavy (non-hydrogen) atoms. The molecule has 8 heteroatoms. The number of nitrogens with one attached hydrogen (secondary N) is 1. The van der Waals surface area contributed by atoms with Crippen molar-refractivity contribution in [2.24, 2.45) is 0 Å². The molecule has 5 atom stereocenters. The van der Waals surface area contributed by atoms with E-state index in [4.69, 9.17) is 18.9 Å². The number of ether oxygens (including phenoxy) is 4. The lowest BCUT2D eigenvalue weighted by molar-refractivity contribution is 0.00794. The lowest BCUT2D eigenvalue weighted by atomic mass is 9.99. The van der Waals surface area contributed by atoms with Crippen LogP contribution in [0.25, 0.3) is 22.3 Å². The van der Waals surface area contributed by atoms with Crippen molar-refractivity contribution < 1.29 is 28.4 Å². The molecule has 1 aromatic carbocycles. The van der Waals surface area contributed by atoms with E-state index in [1.54, 1.807) is 6.07 Å². The van der Waals surface area contributed by atoms with E-state index in [0.29, 0.717) is 34.8 Å². The molecule has 0 bridgehead atoms. The summed E-state index contributed by atoms with van der Waals surface area (Å²) in [5, 5.41) is 9.89. The van der Waals surface area contributed by atoms with Crippen LogP contribution >= 0.6 is 0 Å². The number of aliphatic hydroxyl groups is 1. The Bertz CT molecular complexity index is 1110. The van der Waals surface area contributed by atoms with Gasteiger partial charge in [-0.2, -0.15) is 0 Å². The van der Waals surface area contributed by atoms with Crippen LogP contribution in [0, 0.1) is 5.82 Å². The van der Waals surface area contributed by atoms with Gasteiger partial charge in [0.25, 0.3) is 0 Å². The molecule has 3 aromatic rings. The summed E-state index contributed by atoms with van der Waals surface area (Å²) in [5.41, 5.74) is 3.29. The SMILES string of the molecule is OC1CO[C@H]2[C@@H]1OC[C@H]2Oc1cc2nc(-c3ccc(C4CCCCO4)cc3)c(F)cc2[nH]1. The molecule has 2 aromatic heterocycles. The van der Waals surface area contributed by atoms with Gasteiger partial charge in [0.2, 0.25) is 0 Å². The number of aromatic nitrogens is 2. The molecule has 3 aliphatic heterocycles. The fourth-order valence-electron chi connectivity index (χ4n) is 4.84. The van der Waals surface area contributed by atoms with Gasteiger partial charge in [0.1, 0.15) is 24.0 Å². The summed E-state index contributed by atoms with van der Waals surface area (Å²) in [4.78, 5) is 7.61. The van der Waals surface area contributed by atoms with Crippen LogP contribution in [-0.4, -0.2) is 59.3 Å². The van der Waals surface area contributed by atoms with Gasteiger partial charge in [-0.05, 0) is 24.8 Å². The zero-order chi connectivity index (χ0) is 21.7. The van der Waals surface area contributed by atoms with E-state index in [1.807, 2.05) is 24.3 Å². The third-order valence-electron chi connectivity index (χ3n) is 6.53. The van der Waals surface area contributed by atoms with Gasteiger partial charge < -0.3 is 29.0 Å². The maximum Gasteiger partial charge on any atom is 0.193 e. The van der Waals surface area contributed by atoms with Crippen molar-refractivity contribution in [3.8, 4) is 17.1 Å². The monoisotopic (exact) mass is 440 g/mol. The number of fused-ring (bicyclic) bond motifs is 2.